The maximum Gasteiger partial charge on any atom is 0.425 e. The van der Waals surface area contributed by atoms with Crippen molar-refractivity contribution in [1.29, 1.82) is 0 Å². The summed E-state index contributed by atoms with van der Waals surface area (Å²) in [6, 6.07) is 9.45. The third-order valence-electron chi connectivity index (χ3n) is 2.66. The number of nitrogens with zero attached hydrogens (tertiary/aromatic N) is 1. The van der Waals surface area contributed by atoms with Crippen LogP contribution < -0.4 is 0 Å². The summed E-state index contributed by atoms with van der Waals surface area (Å²) in [6.45, 7) is -0.853. The quantitative estimate of drug-likeness (QED) is 0.520. The number of ether oxygens (including phenoxy) is 1. The number of thioether (sulfide) groups is 1. The second-order valence-electron chi connectivity index (χ2n) is 4.50. The van der Waals surface area contributed by atoms with Crippen molar-refractivity contribution in [2.75, 3.05) is 18.9 Å². The Labute approximate surface area is 153 Å². The number of benzene rings is 1. The molecule has 1 aliphatic rings. The van der Waals surface area contributed by atoms with Crippen LogP contribution >= 0.6 is 46.6 Å². The predicted molar refractivity (Wildman–Crippen MR) is 89.3 cm³/mol. The van der Waals surface area contributed by atoms with Gasteiger partial charge in [-0.25, -0.2) is 8.98 Å². The maximum atomic E-state index is 11.9. The summed E-state index contributed by atoms with van der Waals surface area (Å²) in [6.07, 6.45) is -1.59. The molecule has 6 nitrogen and oxygen atoms in total. The molecule has 0 bridgehead atoms. The Balaban J connectivity index is 1.91. The van der Waals surface area contributed by atoms with E-state index in [4.69, 9.17) is 39.5 Å². The molecule has 0 aliphatic carbocycles. The highest BCUT2D eigenvalue weighted by Gasteiger charge is 2.41. The molecule has 1 amide bonds. The summed E-state index contributed by atoms with van der Waals surface area (Å²) in [5, 5.41) is 0. The van der Waals surface area contributed by atoms with Gasteiger partial charge in [-0.15, -0.1) is 11.8 Å². The van der Waals surface area contributed by atoms with Crippen LogP contribution in [0.15, 0.2) is 35.2 Å². The first-order chi connectivity index (χ1) is 10.7. The fourth-order valence-corrected chi connectivity index (χ4v) is 3.96. The van der Waals surface area contributed by atoms with Crippen LogP contribution in [0, 0.1) is 0 Å². The molecule has 1 unspecified atom stereocenters. The van der Waals surface area contributed by atoms with E-state index < -0.39 is 32.9 Å². The molecule has 23 heavy (non-hydrogen) atoms. The zero-order chi connectivity index (χ0) is 17.1. The summed E-state index contributed by atoms with van der Waals surface area (Å²) in [4.78, 5) is 12.7. The number of hydrogen-bond acceptors (Lipinski definition) is 6. The van der Waals surface area contributed by atoms with Crippen molar-refractivity contribution in [1.82, 2.24) is 4.31 Å². The number of carbonyl (C=O) groups excluding carboxylic acids is 1. The largest absolute Gasteiger partial charge is 0.443 e. The number of hydrogen-bond donors (Lipinski definition) is 0. The van der Waals surface area contributed by atoms with Crippen molar-refractivity contribution in [2.45, 2.75) is 14.8 Å². The van der Waals surface area contributed by atoms with Gasteiger partial charge in [-0.1, -0.05) is 53.0 Å². The van der Waals surface area contributed by atoms with Crippen molar-refractivity contribution in [2.24, 2.45) is 0 Å². The highest BCUT2D eigenvalue weighted by atomic mass is 35.6. The zero-order valence-corrected chi connectivity index (χ0v) is 15.4. The SMILES string of the molecule is O=C1OC(CSc2ccccc2)CN1S(=O)(=O)OCC(Cl)(Cl)Cl. The molecule has 0 aromatic heterocycles. The molecule has 0 saturated carbocycles. The van der Waals surface area contributed by atoms with E-state index in [1.165, 1.54) is 11.8 Å². The average molecular weight is 421 g/mol. The van der Waals surface area contributed by atoms with Gasteiger partial charge in [-0.2, -0.15) is 12.7 Å². The second-order valence-corrected chi connectivity index (χ2v) is 9.64. The Morgan fingerprint density at radius 1 is 1.30 bits per heavy atom. The molecule has 1 heterocycles. The Morgan fingerprint density at radius 3 is 2.57 bits per heavy atom. The predicted octanol–water partition coefficient (Wildman–Crippen LogP) is 3.23. The van der Waals surface area contributed by atoms with Gasteiger partial charge in [0, 0.05) is 10.6 Å². The first-order valence-corrected chi connectivity index (χ1v) is 9.78. The monoisotopic (exact) mass is 419 g/mol. The lowest BCUT2D eigenvalue weighted by atomic mass is 10.4. The van der Waals surface area contributed by atoms with Crippen LogP contribution in [0.5, 0.6) is 0 Å². The molecule has 0 radical (unpaired) electrons. The highest BCUT2D eigenvalue weighted by molar-refractivity contribution is 7.99. The summed E-state index contributed by atoms with van der Waals surface area (Å²) >= 11 is 17.7. The minimum absolute atomic E-state index is 0.152. The molecule has 1 saturated heterocycles. The fraction of sp³-hybridized carbons (Fsp3) is 0.417. The van der Waals surface area contributed by atoms with Gasteiger partial charge in [0.15, 0.2) is 0 Å². The van der Waals surface area contributed by atoms with Gasteiger partial charge < -0.3 is 4.74 Å². The number of carbonyl (C=O) groups is 1. The summed E-state index contributed by atoms with van der Waals surface area (Å²) in [5.74, 6) is 0.409. The van der Waals surface area contributed by atoms with Crippen molar-refractivity contribution >= 4 is 63.0 Å². The molecular formula is C12H12Cl3NO5S2. The van der Waals surface area contributed by atoms with Gasteiger partial charge in [0.2, 0.25) is 3.79 Å². The number of cyclic esters (lactones) is 1. The topological polar surface area (TPSA) is 72.9 Å². The molecule has 1 aliphatic heterocycles. The van der Waals surface area contributed by atoms with Gasteiger partial charge in [0.1, 0.15) is 12.7 Å². The smallest absolute Gasteiger partial charge is 0.425 e. The minimum atomic E-state index is -4.36. The van der Waals surface area contributed by atoms with E-state index >= 15 is 0 Å². The first kappa shape index (κ1) is 19.0. The lowest BCUT2D eigenvalue weighted by molar-refractivity contribution is 0.144. The van der Waals surface area contributed by atoms with Crippen molar-refractivity contribution < 1.29 is 22.1 Å². The van der Waals surface area contributed by atoms with Gasteiger partial charge in [-0.3, -0.25) is 0 Å². The van der Waals surface area contributed by atoms with Crippen LogP contribution in [0.3, 0.4) is 0 Å². The normalized spacial score (nSPS) is 19.0. The van der Waals surface area contributed by atoms with Gasteiger partial charge in [0.05, 0.1) is 6.54 Å². The average Bonchev–Trinajstić information content (AvgIpc) is 2.86. The Hall–Kier alpha value is -0.380. The lowest BCUT2D eigenvalue weighted by Crippen LogP contribution is -2.35. The molecule has 128 valence electrons. The van der Waals surface area contributed by atoms with E-state index in [-0.39, 0.29) is 6.54 Å². The highest BCUT2D eigenvalue weighted by Crippen LogP contribution is 2.28. The first-order valence-electron chi connectivity index (χ1n) is 6.30. The third kappa shape index (κ3) is 5.88. The molecule has 0 spiro atoms. The number of halogens is 3. The summed E-state index contributed by atoms with van der Waals surface area (Å²) in [5.41, 5.74) is 0. The number of rotatable bonds is 6. The van der Waals surface area contributed by atoms with Gasteiger partial charge in [-0.05, 0) is 12.1 Å². The third-order valence-corrected chi connectivity index (χ3v) is 5.39. The van der Waals surface area contributed by atoms with Crippen molar-refractivity contribution in [3.05, 3.63) is 30.3 Å². The fourth-order valence-electron chi connectivity index (χ4n) is 1.68. The van der Waals surface area contributed by atoms with E-state index in [1.807, 2.05) is 30.3 Å². The number of amides is 1. The molecular weight excluding hydrogens is 409 g/mol. The number of alkyl halides is 3. The van der Waals surface area contributed by atoms with Crippen LogP contribution in [-0.2, 0) is 19.2 Å². The summed E-state index contributed by atoms with van der Waals surface area (Å²) in [7, 11) is -4.36. The molecule has 11 heteroatoms. The Kier molecular flexibility index (Phi) is 6.32. The van der Waals surface area contributed by atoms with Crippen LogP contribution in [-0.4, -0.2) is 47.6 Å². The second kappa shape index (κ2) is 7.67. The standard InChI is InChI=1S/C12H12Cl3NO5S2/c13-12(14,15)8-20-23(18,19)16-6-9(21-11(16)17)7-22-10-4-2-1-3-5-10/h1-5,9H,6-8H2. The van der Waals surface area contributed by atoms with E-state index in [0.29, 0.717) is 10.1 Å². The van der Waals surface area contributed by atoms with E-state index in [2.05, 4.69) is 4.18 Å². The Morgan fingerprint density at radius 2 is 1.96 bits per heavy atom. The van der Waals surface area contributed by atoms with Crippen LogP contribution in [0.2, 0.25) is 0 Å². The summed E-state index contributed by atoms with van der Waals surface area (Å²) < 4.78 is 32.0. The minimum Gasteiger partial charge on any atom is -0.443 e. The Bertz CT molecular complexity index is 650. The van der Waals surface area contributed by atoms with Gasteiger partial charge >= 0.3 is 16.4 Å². The van der Waals surface area contributed by atoms with Crippen molar-refractivity contribution in [3.63, 3.8) is 0 Å². The van der Waals surface area contributed by atoms with Gasteiger partial charge in [0.25, 0.3) is 0 Å². The molecule has 1 aromatic carbocycles. The van der Waals surface area contributed by atoms with E-state index in [9.17, 15) is 13.2 Å². The molecule has 0 N–H and O–H groups in total. The van der Waals surface area contributed by atoms with Crippen LogP contribution in [0.25, 0.3) is 0 Å². The molecule has 2 rings (SSSR count). The lowest BCUT2D eigenvalue weighted by Gasteiger charge is -2.16. The molecule has 1 atom stereocenters. The van der Waals surface area contributed by atoms with E-state index in [0.717, 1.165) is 4.90 Å². The van der Waals surface area contributed by atoms with E-state index in [1.54, 1.807) is 0 Å². The van der Waals surface area contributed by atoms with Crippen molar-refractivity contribution in [3.8, 4) is 0 Å². The zero-order valence-electron chi connectivity index (χ0n) is 11.5. The van der Waals surface area contributed by atoms with Crippen LogP contribution in [0.4, 0.5) is 4.79 Å². The molecule has 1 fully saturated rings. The van der Waals surface area contributed by atoms with Crippen LogP contribution in [0.1, 0.15) is 0 Å². The molecule has 1 aromatic rings. The maximum absolute atomic E-state index is 11.9.